The molecule has 4 heteroatoms. The number of aromatic amines is 1. The summed E-state index contributed by atoms with van der Waals surface area (Å²) in [5.74, 6) is 0. The molecule has 0 saturated heterocycles. The van der Waals surface area contributed by atoms with Crippen LogP contribution in [0.2, 0.25) is 5.02 Å². The summed E-state index contributed by atoms with van der Waals surface area (Å²) >= 11 is 5.82. The molecule has 0 amide bonds. The number of pyridine rings is 1. The van der Waals surface area contributed by atoms with Gasteiger partial charge in [-0.2, -0.15) is 5.26 Å². The van der Waals surface area contributed by atoms with Crippen LogP contribution in [0.5, 0.6) is 0 Å². The first-order valence-electron chi connectivity index (χ1n) is 4.59. The number of hydrogen-bond acceptors (Lipinski definition) is 2. The van der Waals surface area contributed by atoms with Crippen molar-refractivity contribution >= 4 is 11.6 Å². The van der Waals surface area contributed by atoms with Gasteiger partial charge in [-0.1, -0.05) is 17.7 Å². The first-order chi connectivity index (χ1) is 7.70. The summed E-state index contributed by atoms with van der Waals surface area (Å²) < 4.78 is 0. The van der Waals surface area contributed by atoms with E-state index in [9.17, 15) is 4.79 Å². The van der Waals surface area contributed by atoms with Gasteiger partial charge in [0.2, 0.25) is 0 Å². The fraction of sp³-hybridized carbons (Fsp3) is 0. The van der Waals surface area contributed by atoms with Gasteiger partial charge in [-0.15, -0.1) is 0 Å². The Balaban J connectivity index is 2.58. The van der Waals surface area contributed by atoms with Crippen molar-refractivity contribution in [1.29, 1.82) is 5.26 Å². The quantitative estimate of drug-likeness (QED) is 0.819. The number of aromatic nitrogens is 1. The third-order valence-corrected chi connectivity index (χ3v) is 2.50. The number of nitriles is 1. The van der Waals surface area contributed by atoms with Crippen LogP contribution in [0, 0.1) is 11.3 Å². The molecule has 78 valence electrons. The summed E-state index contributed by atoms with van der Waals surface area (Å²) in [6.45, 7) is 0. The number of H-pyrrole nitrogens is 1. The molecule has 2 aromatic rings. The van der Waals surface area contributed by atoms with Crippen LogP contribution in [-0.2, 0) is 0 Å². The molecule has 0 bridgehead atoms. The van der Waals surface area contributed by atoms with E-state index in [0.29, 0.717) is 16.3 Å². The molecule has 0 radical (unpaired) electrons. The molecule has 2 rings (SSSR count). The molecule has 1 heterocycles. The first-order valence-corrected chi connectivity index (χ1v) is 4.97. The summed E-state index contributed by atoms with van der Waals surface area (Å²) in [4.78, 5) is 14.1. The topological polar surface area (TPSA) is 56.6 Å². The average molecular weight is 231 g/mol. The van der Waals surface area contributed by atoms with Crippen molar-refractivity contribution in [1.82, 2.24) is 4.98 Å². The molecule has 1 aromatic carbocycles. The summed E-state index contributed by atoms with van der Waals surface area (Å²) in [7, 11) is 0. The highest BCUT2D eigenvalue weighted by Gasteiger charge is 2.03. The van der Waals surface area contributed by atoms with E-state index in [0.717, 1.165) is 5.56 Å². The molecular formula is C12H7ClN2O. The van der Waals surface area contributed by atoms with Crippen LogP contribution in [0.1, 0.15) is 5.56 Å². The van der Waals surface area contributed by atoms with Gasteiger partial charge in [0.15, 0.2) is 5.43 Å². The highest BCUT2D eigenvalue weighted by Crippen LogP contribution is 2.22. The van der Waals surface area contributed by atoms with E-state index in [1.54, 1.807) is 24.4 Å². The van der Waals surface area contributed by atoms with Crippen molar-refractivity contribution in [2.24, 2.45) is 0 Å². The zero-order chi connectivity index (χ0) is 11.5. The zero-order valence-corrected chi connectivity index (χ0v) is 8.95. The van der Waals surface area contributed by atoms with Crippen LogP contribution < -0.4 is 5.43 Å². The van der Waals surface area contributed by atoms with Crippen molar-refractivity contribution in [3.8, 4) is 17.3 Å². The molecule has 16 heavy (non-hydrogen) atoms. The van der Waals surface area contributed by atoms with Crippen molar-refractivity contribution in [3.63, 3.8) is 0 Å². The molecule has 0 fully saturated rings. The third kappa shape index (κ3) is 1.97. The number of nitrogens with one attached hydrogen (secondary N) is 1. The molecular weight excluding hydrogens is 224 g/mol. The Morgan fingerprint density at radius 3 is 2.75 bits per heavy atom. The van der Waals surface area contributed by atoms with Crippen molar-refractivity contribution < 1.29 is 0 Å². The van der Waals surface area contributed by atoms with Gasteiger partial charge in [-0.05, 0) is 17.7 Å². The average Bonchev–Trinajstić information content (AvgIpc) is 2.29. The maximum absolute atomic E-state index is 11.2. The molecule has 1 aromatic heterocycles. The third-order valence-electron chi connectivity index (χ3n) is 2.17. The van der Waals surface area contributed by atoms with E-state index >= 15 is 0 Å². The van der Waals surface area contributed by atoms with Gasteiger partial charge in [0, 0.05) is 24.0 Å². The van der Waals surface area contributed by atoms with Gasteiger partial charge in [0.1, 0.15) is 6.07 Å². The van der Waals surface area contributed by atoms with E-state index in [-0.39, 0.29) is 5.43 Å². The monoisotopic (exact) mass is 230 g/mol. The minimum Gasteiger partial charge on any atom is -0.361 e. The maximum atomic E-state index is 11.2. The zero-order valence-electron chi connectivity index (χ0n) is 8.20. The van der Waals surface area contributed by atoms with E-state index in [2.05, 4.69) is 4.98 Å². The summed E-state index contributed by atoms with van der Waals surface area (Å²) in [6, 6.07) is 9.95. The second-order valence-corrected chi connectivity index (χ2v) is 3.65. The van der Waals surface area contributed by atoms with Gasteiger partial charge in [-0.25, -0.2) is 0 Å². The molecule has 0 aliphatic heterocycles. The number of rotatable bonds is 1. The number of nitrogens with zero attached hydrogens (tertiary/aromatic N) is 1. The van der Waals surface area contributed by atoms with Gasteiger partial charge in [-0.3, -0.25) is 4.79 Å². The lowest BCUT2D eigenvalue weighted by Gasteiger charge is -2.02. The Kier molecular flexibility index (Phi) is 2.76. The van der Waals surface area contributed by atoms with Crippen molar-refractivity contribution in [3.05, 3.63) is 57.3 Å². The lowest BCUT2D eigenvalue weighted by atomic mass is 10.1. The predicted octanol–water partition coefficient (Wildman–Crippen LogP) is 2.57. The van der Waals surface area contributed by atoms with Crippen LogP contribution in [0.3, 0.4) is 0 Å². The minimum atomic E-state index is -0.0813. The minimum absolute atomic E-state index is 0.0813. The van der Waals surface area contributed by atoms with Gasteiger partial charge < -0.3 is 4.98 Å². The number of halogens is 1. The number of hydrogen-bond donors (Lipinski definition) is 1. The van der Waals surface area contributed by atoms with E-state index in [1.807, 2.05) is 6.07 Å². The largest absolute Gasteiger partial charge is 0.361 e. The standard InChI is InChI=1S/C12H7ClN2O/c13-11-2-1-8(5-9(11)7-14)12-6-10(16)3-4-15-12/h1-6H,(H,15,16). The molecule has 0 spiro atoms. The highest BCUT2D eigenvalue weighted by molar-refractivity contribution is 6.31. The van der Waals surface area contributed by atoms with Crippen LogP contribution >= 0.6 is 11.6 Å². The van der Waals surface area contributed by atoms with Crippen LogP contribution in [0.15, 0.2) is 41.3 Å². The van der Waals surface area contributed by atoms with Crippen molar-refractivity contribution in [2.45, 2.75) is 0 Å². The lowest BCUT2D eigenvalue weighted by Crippen LogP contribution is -1.98. The predicted molar refractivity (Wildman–Crippen MR) is 62.2 cm³/mol. The van der Waals surface area contributed by atoms with Gasteiger partial charge in [0.05, 0.1) is 10.6 Å². The molecule has 0 aliphatic carbocycles. The Bertz CT molecular complexity index is 625. The smallest absolute Gasteiger partial charge is 0.182 e. The Labute approximate surface area is 96.9 Å². The number of benzene rings is 1. The van der Waals surface area contributed by atoms with Crippen LogP contribution in [0.4, 0.5) is 0 Å². The Morgan fingerprint density at radius 2 is 2.06 bits per heavy atom. The van der Waals surface area contributed by atoms with E-state index in [1.165, 1.54) is 12.1 Å². The molecule has 1 N–H and O–H groups in total. The molecule has 0 atom stereocenters. The fourth-order valence-corrected chi connectivity index (χ4v) is 1.55. The molecule has 3 nitrogen and oxygen atoms in total. The second-order valence-electron chi connectivity index (χ2n) is 3.24. The first kappa shape index (κ1) is 10.5. The normalized spacial score (nSPS) is 9.75. The van der Waals surface area contributed by atoms with E-state index < -0.39 is 0 Å². The van der Waals surface area contributed by atoms with Crippen molar-refractivity contribution in [2.75, 3.05) is 0 Å². The summed E-state index contributed by atoms with van der Waals surface area (Å²) in [6.07, 6.45) is 1.57. The molecule has 0 aliphatic rings. The molecule has 0 unspecified atom stereocenters. The Morgan fingerprint density at radius 1 is 1.25 bits per heavy atom. The van der Waals surface area contributed by atoms with E-state index in [4.69, 9.17) is 16.9 Å². The molecule has 0 saturated carbocycles. The van der Waals surface area contributed by atoms with Gasteiger partial charge in [0.25, 0.3) is 0 Å². The van der Waals surface area contributed by atoms with Crippen LogP contribution in [0.25, 0.3) is 11.3 Å². The Hall–Kier alpha value is -2.05. The fourth-order valence-electron chi connectivity index (χ4n) is 1.39. The lowest BCUT2D eigenvalue weighted by molar-refractivity contribution is 1.30. The second kappa shape index (κ2) is 4.21. The summed E-state index contributed by atoms with van der Waals surface area (Å²) in [5.41, 5.74) is 1.74. The summed E-state index contributed by atoms with van der Waals surface area (Å²) in [5, 5.41) is 9.24. The van der Waals surface area contributed by atoms with Gasteiger partial charge >= 0.3 is 0 Å². The maximum Gasteiger partial charge on any atom is 0.182 e. The highest BCUT2D eigenvalue weighted by atomic mass is 35.5. The van der Waals surface area contributed by atoms with Crippen LogP contribution in [-0.4, -0.2) is 4.98 Å². The SMILES string of the molecule is N#Cc1cc(-c2cc(=O)cc[nH]2)ccc1Cl.